The Kier molecular flexibility index (Phi) is 5.38. The highest BCUT2D eigenvalue weighted by Gasteiger charge is 2.34. The average molecular weight is 329 g/mol. The normalized spacial score (nSPS) is 17.9. The van der Waals surface area contributed by atoms with E-state index in [-0.39, 0.29) is 16.6 Å². The first-order chi connectivity index (χ1) is 10.5. The van der Waals surface area contributed by atoms with E-state index >= 15 is 0 Å². The molecular formula is C14H19NO6S. The fraction of sp³-hybridized carbons (Fsp3) is 0.500. The second-order valence-corrected chi connectivity index (χ2v) is 6.72. The third-order valence-electron chi connectivity index (χ3n) is 3.64. The van der Waals surface area contributed by atoms with Crippen LogP contribution in [-0.4, -0.2) is 45.9 Å². The van der Waals surface area contributed by atoms with Gasteiger partial charge in [0, 0.05) is 13.2 Å². The predicted molar refractivity (Wildman–Crippen MR) is 78.3 cm³/mol. The predicted octanol–water partition coefficient (Wildman–Crippen LogP) is 0.853. The molecule has 1 heterocycles. The highest BCUT2D eigenvalue weighted by atomic mass is 32.2. The van der Waals surface area contributed by atoms with Gasteiger partial charge in [-0.25, -0.2) is 8.42 Å². The Hall–Kier alpha value is -1.64. The Morgan fingerprint density at radius 1 is 1.36 bits per heavy atom. The number of methoxy groups -OCH3 is 1. The lowest BCUT2D eigenvalue weighted by Gasteiger charge is -2.28. The van der Waals surface area contributed by atoms with Crippen molar-refractivity contribution >= 4 is 16.0 Å². The molecule has 2 rings (SSSR count). The van der Waals surface area contributed by atoms with Crippen LogP contribution in [0, 0.1) is 5.92 Å². The first-order valence-corrected chi connectivity index (χ1v) is 8.40. The van der Waals surface area contributed by atoms with Crippen LogP contribution < -0.4 is 9.46 Å². The van der Waals surface area contributed by atoms with Crippen LogP contribution in [0.2, 0.25) is 0 Å². The molecule has 0 radical (unpaired) electrons. The summed E-state index contributed by atoms with van der Waals surface area (Å²) in [5, 5.41) is 9.36. The fourth-order valence-electron chi connectivity index (χ4n) is 2.47. The van der Waals surface area contributed by atoms with Crippen molar-refractivity contribution in [3.8, 4) is 5.75 Å². The zero-order valence-corrected chi connectivity index (χ0v) is 13.0. The van der Waals surface area contributed by atoms with E-state index in [1.807, 2.05) is 0 Å². The van der Waals surface area contributed by atoms with Gasteiger partial charge in [0.15, 0.2) is 0 Å². The van der Waals surface area contributed by atoms with Crippen molar-refractivity contribution in [1.29, 1.82) is 0 Å². The second-order valence-electron chi connectivity index (χ2n) is 5.04. The number of benzene rings is 1. The first-order valence-electron chi connectivity index (χ1n) is 6.91. The van der Waals surface area contributed by atoms with Crippen LogP contribution in [0.4, 0.5) is 0 Å². The summed E-state index contributed by atoms with van der Waals surface area (Å²) in [6.07, 6.45) is 1.01. The smallest absolute Gasteiger partial charge is 0.322 e. The monoisotopic (exact) mass is 329 g/mol. The van der Waals surface area contributed by atoms with Crippen LogP contribution in [0.3, 0.4) is 0 Å². The summed E-state index contributed by atoms with van der Waals surface area (Å²) in [4.78, 5) is 11.4. The van der Waals surface area contributed by atoms with Gasteiger partial charge >= 0.3 is 5.97 Å². The van der Waals surface area contributed by atoms with Crippen molar-refractivity contribution < 1.29 is 27.8 Å². The zero-order valence-electron chi connectivity index (χ0n) is 12.2. The van der Waals surface area contributed by atoms with E-state index in [0.29, 0.717) is 26.1 Å². The van der Waals surface area contributed by atoms with E-state index in [4.69, 9.17) is 9.47 Å². The number of sulfonamides is 1. The highest BCUT2D eigenvalue weighted by molar-refractivity contribution is 7.89. The molecule has 0 saturated carbocycles. The summed E-state index contributed by atoms with van der Waals surface area (Å²) in [7, 11) is -2.63. The number of carboxylic acid groups (broad SMARTS) is 1. The molecule has 1 atom stereocenters. The Labute approximate surface area is 129 Å². The van der Waals surface area contributed by atoms with Crippen molar-refractivity contribution in [3.63, 3.8) is 0 Å². The van der Waals surface area contributed by atoms with Gasteiger partial charge in [-0.1, -0.05) is 12.1 Å². The minimum Gasteiger partial charge on any atom is -0.495 e. The third kappa shape index (κ3) is 3.76. The minimum absolute atomic E-state index is 0.0733. The maximum absolute atomic E-state index is 12.5. The summed E-state index contributed by atoms with van der Waals surface area (Å²) in [5.74, 6) is -1.31. The molecule has 1 aliphatic heterocycles. The fourth-order valence-corrected chi connectivity index (χ4v) is 3.90. The van der Waals surface area contributed by atoms with E-state index in [1.54, 1.807) is 12.1 Å². The average Bonchev–Trinajstić information content (AvgIpc) is 2.53. The van der Waals surface area contributed by atoms with Gasteiger partial charge in [-0.15, -0.1) is 0 Å². The molecule has 2 N–H and O–H groups in total. The SMILES string of the molecule is COc1ccccc1S(=O)(=O)NC(C(=O)O)C1CCOCC1. The molecule has 0 aromatic heterocycles. The van der Waals surface area contributed by atoms with Crippen LogP contribution in [0.15, 0.2) is 29.2 Å². The number of carboxylic acids is 1. The van der Waals surface area contributed by atoms with Gasteiger partial charge in [-0.05, 0) is 30.9 Å². The van der Waals surface area contributed by atoms with Gasteiger partial charge < -0.3 is 14.6 Å². The van der Waals surface area contributed by atoms with Crippen molar-refractivity contribution in [2.45, 2.75) is 23.8 Å². The molecule has 0 spiro atoms. The second kappa shape index (κ2) is 7.08. The van der Waals surface area contributed by atoms with E-state index in [1.165, 1.54) is 19.2 Å². The quantitative estimate of drug-likeness (QED) is 0.802. The van der Waals surface area contributed by atoms with Gasteiger partial charge in [0.2, 0.25) is 10.0 Å². The Balaban J connectivity index is 2.26. The van der Waals surface area contributed by atoms with Gasteiger partial charge in [-0.2, -0.15) is 4.72 Å². The molecule has 22 heavy (non-hydrogen) atoms. The standard InChI is InChI=1S/C14H19NO6S/c1-20-11-4-2-3-5-12(11)22(18,19)15-13(14(16)17)10-6-8-21-9-7-10/h2-5,10,13,15H,6-9H2,1H3,(H,16,17). The zero-order chi connectivity index (χ0) is 16.2. The molecule has 8 heteroatoms. The van der Waals surface area contributed by atoms with Crippen LogP contribution in [-0.2, 0) is 19.6 Å². The minimum atomic E-state index is -3.99. The number of hydrogen-bond acceptors (Lipinski definition) is 5. The van der Waals surface area contributed by atoms with E-state index in [2.05, 4.69) is 4.72 Å². The summed E-state index contributed by atoms with van der Waals surface area (Å²) in [6, 6.07) is 4.91. The Bertz CT molecular complexity index is 624. The van der Waals surface area contributed by atoms with Crippen molar-refractivity contribution in [2.75, 3.05) is 20.3 Å². The molecule has 1 aromatic carbocycles. The molecule has 1 aromatic rings. The molecule has 7 nitrogen and oxygen atoms in total. The number of carbonyl (C=O) groups is 1. The first kappa shape index (κ1) is 16.7. The molecule has 122 valence electrons. The van der Waals surface area contributed by atoms with Gasteiger partial charge in [0.05, 0.1) is 7.11 Å². The van der Waals surface area contributed by atoms with Crippen LogP contribution in [0.5, 0.6) is 5.75 Å². The maximum atomic E-state index is 12.5. The highest BCUT2D eigenvalue weighted by Crippen LogP contribution is 2.25. The molecule has 1 saturated heterocycles. The molecular weight excluding hydrogens is 310 g/mol. The van der Waals surface area contributed by atoms with E-state index in [0.717, 1.165) is 0 Å². The van der Waals surface area contributed by atoms with Gasteiger partial charge in [-0.3, -0.25) is 4.79 Å². The lowest BCUT2D eigenvalue weighted by Crippen LogP contribution is -2.47. The topological polar surface area (TPSA) is 102 Å². The third-order valence-corrected chi connectivity index (χ3v) is 5.12. The van der Waals surface area contributed by atoms with Crippen molar-refractivity contribution in [1.82, 2.24) is 4.72 Å². The molecule has 1 unspecified atom stereocenters. The molecule has 0 bridgehead atoms. The lowest BCUT2D eigenvalue weighted by molar-refractivity contribution is -0.141. The largest absolute Gasteiger partial charge is 0.495 e. The van der Waals surface area contributed by atoms with Crippen LogP contribution in [0.25, 0.3) is 0 Å². The number of hydrogen-bond donors (Lipinski definition) is 2. The summed E-state index contributed by atoms with van der Waals surface area (Å²) in [6.45, 7) is 0.871. The lowest BCUT2D eigenvalue weighted by atomic mass is 9.92. The maximum Gasteiger partial charge on any atom is 0.322 e. The summed E-state index contributed by atoms with van der Waals surface area (Å²) < 4.78 is 37.5. The van der Waals surface area contributed by atoms with Gasteiger partial charge in [0.1, 0.15) is 16.7 Å². The van der Waals surface area contributed by atoms with E-state index < -0.39 is 22.0 Å². The molecule has 0 aliphatic carbocycles. The Morgan fingerprint density at radius 3 is 2.59 bits per heavy atom. The van der Waals surface area contributed by atoms with E-state index in [9.17, 15) is 18.3 Å². The number of ether oxygens (including phenoxy) is 2. The number of para-hydroxylation sites is 1. The van der Waals surface area contributed by atoms with Gasteiger partial charge in [0.25, 0.3) is 0 Å². The Morgan fingerprint density at radius 2 is 2.00 bits per heavy atom. The molecule has 0 amide bonds. The number of aliphatic carboxylic acids is 1. The van der Waals surface area contributed by atoms with Crippen LogP contribution >= 0.6 is 0 Å². The molecule has 1 fully saturated rings. The summed E-state index contributed by atoms with van der Waals surface area (Å²) in [5.41, 5.74) is 0. The molecule has 1 aliphatic rings. The van der Waals surface area contributed by atoms with Crippen molar-refractivity contribution in [3.05, 3.63) is 24.3 Å². The van der Waals surface area contributed by atoms with Crippen LogP contribution in [0.1, 0.15) is 12.8 Å². The number of nitrogens with one attached hydrogen (secondary N) is 1. The number of rotatable bonds is 6. The van der Waals surface area contributed by atoms with Crippen molar-refractivity contribution in [2.24, 2.45) is 5.92 Å². The summed E-state index contributed by atoms with van der Waals surface area (Å²) >= 11 is 0.